The predicted molar refractivity (Wildman–Crippen MR) is 60.2 cm³/mol. The second-order valence-electron chi connectivity index (χ2n) is 2.80. The molecule has 0 unspecified atom stereocenters. The molecular weight excluding hydrogens is 219 g/mol. The Hall–Kier alpha value is -0.790. The van der Waals surface area contributed by atoms with Gasteiger partial charge in [-0.25, -0.2) is 0 Å². The Balaban J connectivity index is 3.00. The van der Waals surface area contributed by atoms with Gasteiger partial charge >= 0.3 is 0 Å². The Morgan fingerprint density at radius 2 is 2.14 bits per heavy atom. The Morgan fingerprint density at radius 3 is 2.79 bits per heavy atom. The van der Waals surface area contributed by atoms with Crippen molar-refractivity contribution in [1.82, 2.24) is 0 Å². The average Bonchev–Trinajstić information content (AvgIpc) is 2.18. The molecule has 0 aliphatic rings. The van der Waals surface area contributed by atoms with Gasteiger partial charge in [0.1, 0.15) is 0 Å². The van der Waals surface area contributed by atoms with Crippen molar-refractivity contribution < 1.29 is 4.79 Å². The summed E-state index contributed by atoms with van der Waals surface area (Å²) in [5.41, 5.74) is 0.448. The van der Waals surface area contributed by atoms with E-state index < -0.39 is 0 Å². The van der Waals surface area contributed by atoms with Crippen LogP contribution in [0.1, 0.15) is 23.7 Å². The Morgan fingerprint density at radius 1 is 1.43 bits per heavy atom. The largest absolute Gasteiger partial charge is 0.289 e. The Kier molecular flexibility index (Phi) is 4.18. The van der Waals surface area contributed by atoms with Gasteiger partial charge in [-0.3, -0.25) is 4.79 Å². The molecule has 0 aliphatic carbocycles. The van der Waals surface area contributed by atoms with E-state index in [-0.39, 0.29) is 5.78 Å². The zero-order valence-electron chi connectivity index (χ0n) is 7.76. The van der Waals surface area contributed by atoms with Gasteiger partial charge in [0.05, 0.1) is 5.02 Å². The second kappa shape index (κ2) is 5.18. The zero-order chi connectivity index (χ0) is 10.6. The minimum atomic E-state index is -0.112. The van der Waals surface area contributed by atoms with E-state index in [1.54, 1.807) is 24.3 Å². The molecule has 0 radical (unpaired) electrons. The normalized spacial score (nSPS) is 10.8. The SMILES string of the molecule is CC/C=C/C(=O)c1cc(Cl)ccc1Cl. The first-order valence-electron chi connectivity index (χ1n) is 4.31. The van der Waals surface area contributed by atoms with E-state index in [1.807, 2.05) is 6.92 Å². The predicted octanol–water partition coefficient (Wildman–Crippen LogP) is 4.14. The molecule has 0 heterocycles. The smallest absolute Gasteiger partial charge is 0.187 e. The van der Waals surface area contributed by atoms with Gasteiger partial charge in [-0.1, -0.05) is 36.2 Å². The maximum Gasteiger partial charge on any atom is 0.187 e. The zero-order valence-corrected chi connectivity index (χ0v) is 9.27. The monoisotopic (exact) mass is 228 g/mol. The number of benzene rings is 1. The van der Waals surface area contributed by atoms with E-state index in [9.17, 15) is 4.79 Å². The van der Waals surface area contributed by atoms with Crippen LogP contribution < -0.4 is 0 Å². The molecule has 0 aromatic heterocycles. The number of carbonyl (C=O) groups excluding carboxylic acids is 1. The molecule has 1 nitrogen and oxygen atoms in total. The lowest BCUT2D eigenvalue weighted by Crippen LogP contribution is -1.95. The van der Waals surface area contributed by atoms with Gasteiger partial charge < -0.3 is 0 Å². The third kappa shape index (κ3) is 2.86. The second-order valence-corrected chi connectivity index (χ2v) is 3.64. The lowest BCUT2D eigenvalue weighted by molar-refractivity contribution is 0.104. The lowest BCUT2D eigenvalue weighted by Gasteiger charge is -1.99. The third-order valence-electron chi connectivity index (χ3n) is 1.70. The summed E-state index contributed by atoms with van der Waals surface area (Å²) < 4.78 is 0. The van der Waals surface area contributed by atoms with Crippen molar-refractivity contribution in [1.29, 1.82) is 0 Å². The van der Waals surface area contributed by atoms with Crippen molar-refractivity contribution >= 4 is 29.0 Å². The van der Waals surface area contributed by atoms with Gasteiger partial charge in [0, 0.05) is 10.6 Å². The van der Waals surface area contributed by atoms with Crippen LogP contribution in [0.5, 0.6) is 0 Å². The van der Waals surface area contributed by atoms with Crippen molar-refractivity contribution in [3.8, 4) is 0 Å². The van der Waals surface area contributed by atoms with E-state index in [4.69, 9.17) is 23.2 Å². The number of allylic oxidation sites excluding steroid dienone is 2. The van der Waals surface area contributed by atoms with Crippen LogP contribution in [0.15, 0.2) is 30.4 Å². The fraction of sp³-hybridized carbons (Fsp3) is 0.182. The molecule has 1 rings (SSSR count). The van der Waals surface area contributed by atoms with Crippen LogP contribution in [0, 0.1) is 0 Å². The fourth-order valence-electron chi connectivity index (χ4n) is 1.00. The van der Waals surface area contributed by atoms with Gasteiger partial charge in [0.15, 0.2) is 5.78 Å². The fourth-order valence-corrected chi connectivity index (χ4v) is 1.38. The highest BCUT2D eigenvalue weighted by Gasteiger charge is 2.07. The van der Waals surface area contributed by atoms with Crippen molar-refractivity contribution in [3.63, 3.8) is 0 Å². The van der Waals surface area contributed by atoms with Gasteiger partial charge in [0.25, 0.3) is 0 Å². The van der Waals surface area contributed by atoms with Crippen molar-refractivity contribution in [2.24, 2.45) is 0 Å². The number of rotatable bonds is 3. The molecule has 0 saturated carbocycles. The van der Waals surface area contributed by atoms with Gasteiger partial charge in [-0.15, -0.1) is 0 Å². The molecule has 1 aromatic rings. The number of hydrogen-bond acceptors (Lipinski definition) is 1. The summed E-state index contributed by atoms with van der Waals surface area (Å²) in [6.45, 7) is 1.96. The molecule has 3 heteroatoms. The van der Waals surface area contributed by atoms with E-state index in [1.165, 1.54) is 6.08 Å². The lowest BCUT2D eigenvalue weighted by atomic mass is 10.1. The molecule has 0 spiro atoms. The Bertz CT molecular complexity index is 370. The maximum atomic E-state index is 11.5. The minimum absolute atomic E-state index is 0.112. The van der Waals surface area contributed by atoms with Crippen molar-refractivity contribution in [2.45, 2.75) is 13.3 Å². The first kappa shape index (κ1) is 11.3. The van der Waals surface area contributed by atoms with Crippen LogP contribution in [0.2, 0.25) is 10.0 Å². The molecule has 0 bridgehead atoms. The third-order valence-corrected chi connectivity index (χ3v) is 2.26. The topological polar surface area (TPSA) is 17.1 Å². The standard InChI is InChI=1S/C11H10Cl2O/c1-2-3-4-11(14)9-7-8(12)5-6-10(9)13/h3-7H,2H2,1H3/b4-3+. The molecule has 0 N–H and O–H groups in total. The van der Waals surface area contributed by atoms with Crippen LogP contribution >= 0.6 is 23.2 Å². The van der Waals surface area contributed by atoms with E-state index in [2.05, 4.69) is 0 Å². The van der Waals surface area contributed by atoms with Crippen molar-refractivity contribution in [2.75, 3.05) is 0 Å². The summed E-state index contributed by atoms with van der Waals surface area (Å²) in [7, 11) is 0. The first-order valence-corrected chi connectivity index (χ1v) is 5.06. The summed E-state index contributed by atoms with van der Waals surface area (Å²) in [6.07, 6.45) is 4.13. The van der Waals surface area contributed by atoms with Gasteiger partial charge in [0.2, 0.25) is 0 Å². The van der Waals surface area contributed by atoms with Crippen LogP contribution in [-0.2, 0) is 0 Å². The molecule has 0 fully saturated rings. The average molecular weight is 229 g/mol. The first-order chi connectivity index (χ1) is 6.65. The highest BCUT2D eigenvalue weighted by molar-refractivity contribution is 6.36. The van der Waals surface area contributed by atoms with Crippen LogP contribution in [-0.4, -0.2) is 5.78 Å². The minimum Gasteiger partial charge on any atom is -0.289 e. The molecule has 0 atom stereocenters. The molecule has 0 saturated heterocycles. The summed E-state index contributed by atoms with van der Waals surface area (Å²) in [6, 6.07) is 4.85. The van der Waals surface area contributed by atoms with E-state index in [0.717, 1.165) is 6.42 Å². The summed E-state index contributed by atoms with van der Waals surface area (Å²) in [5.74, 6) is -0.112. The molecule has 74 valence electrons. The van der Waals surface area contributed by atoms with Gasteiger partial charge in [-0.2, -0.15) is 0 Å². The highest BCUT2D eigenvalue weighted by Crippen LogP contribution is 2.21. The molecule has 14 heavy (non-hydrogen) atoms. The van der Waals surface area contributed by atoms with Crippen LogP contribution in [0.25, 0.3) is 0 Å². The van der Waals surface area contributed by atoms with Gasteiger partial charge in [-0.05, 0) is 30.7 Å². The number of ketones is 1. The highest BCUT2D eigenvalue weighted by atomic mass is 35.5. The van der Waals surface area contributed by atoms with E-state index >= 15 is 0 Å². The molecular formula is C11H10Cl2O. The summed E-state index contributed by atoms with van der Waals surface area (Å²) >= 11 is 11.6. The molecule has 0 aliphatic heterocycles. The summed E-state index contributed by atoms with van der Waals surface area (Å²) in [5, 5.41) is 0.947. The van der Waals surface area contributed by atoms with Crippen molar-refractivity contribution in [3.05, 3.63) is 46.0 Å². The Labute approximate surface area is 93.3 Å². The molecule has 0 amide bonds. The summed E-state index contributed by atoms with van der Waals surface area (Å²) in [4.78, 5) is 11.5. The van der Waals surface area contributed by atoms with E-state index in [0.29, 0.717) is 15.6 Å². The van der Waals surface area contributed by atoms with Crippen LogP contribution in [0.3, 0.4) is 0 Å². The number of halogens is 2. The quantitative estimate of drug-likeness (QED) is 0.562. The molecule has 1 aromatic carbocycles. The number of hydrogen-bond donors (Lipinski definition) is 0. The maximum absolute atomic E-state index is 11.5. The van der Waals surface area contributed by atoms with Crippen LogP contribution in [0.4, 0.5) is 0 Å². The number of carbonyl (C=O) groups is 1.